The monoisotopic (exact) mass is 737 g/mol. The van der Waals surface area contributed by atoms with Gasteiger partial charge in [0.05, 0.1) is 0 Å². The van der Waals surface area contributed by atoms with Gasteiger partial charge in [-0.3, -0.25) is 14.4 Å². The zero-order valence-corrected chi connectivity index (χ0v) is 35.4. The van der Waals surface area contributed by atoms with Crippen molar-refractivity contribution >= 4 is 17.9 Å². The lowest BCUT2D eigenvalue weighted by Gasteiger charge is -2.18. The SMILES string of the molecule is CCCCCCCCCCCCCC(=O)OC[C@@H](COC(=O)CCCCCCCCC(C)C)OC(=O)CCCCCCCCCCCCCC(C)C. The molecule has 0 aliphatic rings. The molecule has 52 heavy (non-hydrogen) atoms. The number of carbonyl (C=O) groups excluding carboxylic acids is 3. The van der Waals surface area contributed by atoms with Crippen LogP contribution in [0.3, 0.4) is 0 Å². The minimum atomic E-state index is -0.760. The highest BCUT2D eigenvalue weighted by molar-refractivity contribution is 5.71. The van der Waals surface area contributed by atoms with Gasteiger partial charge in [0, 0.05) is 19.3 Å². The van der Waals surface area contributed by atoms with Gasteiger partial charge in [0.1, 0.15) is 13.2 Å². The van der Waals surface area contributed by atoms with E-state index in [1.165, 1.54) is 135 Å². The predicted octanol–water partition coefficient (Wildman–Crippen LogP) is 14.2. The maximum atomic E-state index is 12.7. The zero-order valence-electron chi connectivity index (χ0n) is 35.4. The molecule has 0 aromatic heterocycles. The molecule has 0 amide bonds. The topological polar surface area (TPSA) is 78.9 Å². The van der Waals surface area contributed by atoms with Gasteiger partial charge in [-0.25, -0.2) is 0 Å². The molecule has 0 heterocycles. The third-order valence-corrected chi connectivity index (χ3v) is 10.2. The number of ether oxygens (including phenoxy) is 3. The molecule has 6 nitrogen and oxygen atoms in total. The summed E-state index contributed by atoms with van der Waals surface area (Å²) in [5.74, 6) is 0.726. The summed E-state index contributed by atoms with van der Waals surface area (Å²) >= 11 is 0. The van der Waals surface area contributed by atoms with Crippen LogP contribution in [-0.2, 0) is 28.6 Å². The van der Waals surface area contributed by atoms with Crippen molar-refractivity contribution in [2.24, 2.45) is 11.8 Å². The molecule has 6 heteroatoms. The second kappa shape index (κ2) is 39.1. The summed E-state index contributed by atoms with van der Waals surface area (Å²) in [6.45, 7) is 11.3. The summed E-state index contributed by atoms with van der Waals surface area (Å²) in [6.07, 6.45) is 36.7. The third kappa shape index (κ3) is 39.6. The molecule has 0 fully saturated rings. The van der Waals surface area contributed by atoms with Gasteiger partial charge in [0.25, 0.3) is 0 Å². The lowest BCUT2D eigenvalue weighted by atomic mass is 10.0. The Labute approximate surface area is 323 Å². The van der Waals surface area contributed by atoms with Crippen molar-refractivity contribution in [3.05, 3.63) is 0 Å². The van der Waals surface area contributed by atoms with Crippen LogP contribution in [0.25, 0.3) is 0 Å². The molecule has 0 aromatic carbocycles. The van der Waals surface area contributed by atoms with Crippen molar-refractivity contribution in [2.45, 2.75) is 253 Å². The maximum Gasteiger partial charge on any atom is 0.306 e. The second-order valence-electron chi connectivity index (χ2n) is 16.6. The van der Waals surface area contributed by atoms with E-state index in [1.54, 1.807) is 0 Å². The number of hydrogen-bond acceptors (Lipinski definition) is 6. The first-order valence-electron chi connectivity index (χ1n) is 22.7. The highest BCUT2D eigenvalue weighted by Gasteiger charge is 2.19. The number of esters is 3. The molecule has 0 unspecified atom stereocenters. The van der Waals surface area contributed by atoms with E-state index >= 15 is 0 Å². The van der Waals surface area contributed by atoms with Crippen LogP contribution in [0.1, 0.15) is 247 Å². The molecule has 0 N–H and O–H groups in total. The summed E-state index contributed by atoms with van der Waals surface area (Å²) < 4.78 is 16.7. The average Bonchev–Trinajstić information content (AvgIpc) is 3.11. The standard InChI is InChI=1S/C46H88O6/c1-6-7-8-9-10-11-13-17-20-26-31-36-44(47)50-39-43(40-51-45(48)37-32-27-23-22-25-30-35-42(4)5)52-46(49)38-33-28-21-18-15-12-14-16-19-24-29-34-41(2)3/h41-43H,6-40H2,1-5H3/t43-/m0/s1. The maximum absolute atomic E-state index is 12.7. The van der Waals surface area contributed by atoms with E-state index in [1.807, 2.05) is 0 Å². The minimum absolute atomic E-state index is 0.0655. The molecule has 0 saturated heterocycles. The van der Waals surface area contributed by atoms with E-state index in [-0.39, 0.29) is 31.1 Å². The van der Waals surface area contributed by atoms with E-state index in [9.17, 15) is 14.4 Å². The Bertz CT molecular complexity index is 794. The zero-order chi connectivity index (χ0) is 38.3. The van der Waals surface area contributed by atoms with Gasteiger partial charge >= 0.3 is 17.9 Å². The highest BCUT2D eigenvalue weighted by Crippen LogP contribution is 2.16. The Kier molecular flexibility index (Phi) is 37.9. The molecule has 0 aliphatic heterocycles. The van der Waals surface area contributed by atoms with Crippen molar-refractivity contribution in [1.29, 1.82) is 0 Å². The molecular formula is C46H88O6. The average molecular weight is 737 g/mol. The smallest absolute Gasteiger partial charge is 0.306 e. The van der Waals surface area contributed by atoms with Gasteiger partial charge in [-0.15, -0.1) is 0 Å². The van der Waals surface area contributed by atoms with Gasteiger partial charge in [-0.1, -0.05) is 208 Å². The lowest BCUT2D eigenvalue weighted by Crippen LogP contribution is -2.30. The van der Waals surface area contributed by atoms with Crippen molar-refractivity contribution < 1.29 is 28.6 Å². The van der Waals surface area contributed by atoms with E-state index < -0.39 is 6.10 Å². The quantitative estimate of drug-likeness (QED) is 0.0354. The fraction of sp³-hybridized carbons (Fsp3) is 0.935. The fourth-order valence-corrected chi connectivity index (χ4v) is 6.75. The van der Waals surface area contributed by atoms with Crippen LogP contribution in [0.15, 0.2) is 0 Å². The van der Waals surface area contributed by atoms with Gasteiger partial charge in [0.15, 0.2) is 6.10 Å². The first-order chi connectivity index (χ1) is 25.2. The van der Waals surface area contributed by atoms with Crippen LogP contribution >= 0.6 is 0 Å². The van der Waals surface area contributed by atoms with E-state index in [0.29, 0.717) is 19.3 Å². The largest absolute Gasteiger partial charge is 0.462 e. The van der Waals surface area contributed by atoms with Crippen LogP contribution < -0.4 is 0 Å². The van der Waals surface area contributed by atoms with Crippen LogP contribution in [0.4, 0.5) is 0 Å². The highest BCUT2D eigenvalue weighted by atomic mass is 16.6. The van der Waals surface area contributed by atoms with Crippen molar-refractivity contribution in [3.63, 3.8) is 0 Å². The summed E-state index contributed by atoms with van der Waals surface area (Å²) in [4.78, 5) is 37.6. The molecular weight excluding hydrogens is 648 g/mol. The van der Waals surface area contributed by atoms with Gasteiger partial charge < -0.3 is 14.2 Å². The van der Waals surface area contributed by atoms with Gasteiger partial charge in [0.2, 0.25) is 0 Å². The van der Waals surface area contributed by atoms with E-state index in [0.717, 1.165) is 69.6 Å². The summed E-state index contributed by atoms with van der Waals surface area (Å²) in [5, 5.41) is 0. The molecule has 0 bridgehead atoms. The summed E-state index contributed by atoms with van der Waals surface area (Å²) in [5.41, 5.74) is 0. The van der Waals surface area contributed by atoms with Crippen LogP contribution in [-0.4, -0.2) is 37.2 Å². The molecule has 0 saturated carbocycles. The predicted molar refractivity (Wildman–Crippen MR) is 220 cm³/mol. The molecule has 308 valence electrons. The van der Waals surface area contributed by atoms with E-state index in [4.69, 9.17) is 14.2 Å². The van der Waals surface area contributed by atoms with Crippen molar-refractivity contribution in [3.8, 4) is 0 Å². The lowest BCUT2D eigenvalue weighted by molar-refractivity contribution is -0.167. The van der Waals surface area contributed by atoms with Crippen LogP contribution in [0, 0.1) is 11.8 Å². The molecule has 0 spiro atoms. The molecule has 0 rings (SSSR count). The Balaban J connectivity index is 4.32. The fourth-order valence-electron chi connectivity index (χ4n) is 6.75. The first-order valence-corrected chi connectivity index (χ1v) is 22.7. The molecule has 1 atom stereocenters. The van der Waals surface area contributed by atoms with Gasteiger partial charge in [-0.05, 0) is 31.1 Å². The minimum Gasteiger partial charge on any atom is -0.462 e. The molecule has 0 aliphatic carbocycles. The number of hydrogen-bond donors (Lipinski definition) is 0. The Morgan fingerprint density at radius 2 is 0.635 bits per heavy atom. The van der Waals surface area contributed by atoms with Crippen molar-refractivity contribution in [1.82, 2.24) is 0 Å². The second-order valence-corrected chi connectivity index (χ2v) is 16.6. The Morgan fingerprint density at radius 3 is 0.942 bits per heavy atom. The van der Waals surface area contributed by atoms with Crippen LogP contribution in [0.2, 0.25) is 0 Å². The first kappa shape index (κ1) is 50.4. The summed E-state index contributed by atoms with van der Waals surface area (Å²) in [7, 11) is 0. The van der Waals surface area contributed by atoms with Crippen molar-refractivity contribution in [2.75, 3.05) is 13.2 Å². The third-order valence-electron chi connectivity index (χ3n) is 10.2. The molecule has 0 aromatic rings. The van der Waals surface area contributed by atoms with E-state index in [2.05, 4.69) is 34.6 Å². The summed E-state index contributed by atoms with van der Waals surface area (Å²) in [6, 6.07) is 0. The Hall–Kier alpha value is -1.59. The molecule has 0 radical (unpaired) electrons. The Morgan fingerprint density at radius 1 is 0.365 bits per heavy atom. The van der Waals surface area contributed by atoms with Gasteiger partial charge in [-0.2, -0.15) is 0 Å². The number of rotatable bonds is 40. The number of carbonyl (C=O) groups is 3. The number of unbranched alkanes of at least 4 members (excludes halogenated alkanes) is 25. The van der Waals surface area contributed by atoms with Crippen LogP contribution in [0.5, 0.6) is 0 Å². The normalized spacial score (nSPS) is 12.1.